The molecular weight excluding hydrogens is 725 g/mol. The molecule has 6 heteroatoms. The van der Waals surface area contributed by atoms with Crippen LogP contribution in [-0.2, 0) is 20.1 Å². The van der Waals surface area contributed by atoms with Gasteiger partial charge in [0.15, 0.2) is 0 Å². The minimum Gasteiger partial charge on any atom is -0.333 e. The number of thiophene rings is 1. The smallest absolute Gasteiger partial charge is 0.137 e. The molecule has 43 heavy (non-hydrogen) atoms. The molecule has 9 rings (SSSR count). The van der Waals surface area contributed by atoms with Crippen LogP contribution in [0.1, 0.15) is 4.88 Å². The standard InChI is InChI=1S/C37H23N4S.Ir/c1-23-36-28-12-3-5-14-32(28)41-34(21-39-37(41)30(36)22-42-23)26-10-8-9-24(19-26)25-16-17-33-29(20-25)27-11-2-4-13-31(27)40(33)35-15-6-7-18-38-35;/h2-21H,1H3;/q-1;. The third kappa shape index (κ3) is 3.84. The Morgan fingerprint density at radius 3 is 2.26 bits per heavy atom. The number of pyridine rings is 2. The number of para-hydroxylation sites is 2. The molecule has 1 radical (unpaired) electrons. The summed E-state index contributed by atoms with van der Waals surface area (Å²) in [5.41, 5.74) is 8.98. The van der Waals surface area contributed by atoms with Crippen molar-refractivity contribution in [3.63, 3.8) is 0 Å². The van der Waals surface area contributed by atoms with Gasteiger partial charge in [-0.2, -0.15) is 0 Å². The molecule has 4 nitrogen and oxygen atoms in total. The fourth-order valence-corrected chi connectivity index (χ4v) is 7.25. The molecule has 0 atom stereocenters. The molecule has 0 aliphatic heterocycles. The van der Waals surface area contributed by atoms with E-state index in [0.29, 0.717) is 0 Å². The first-order chi connectivity index (χ1) is 20.8. The van der Waals surface area contributed by atoms with Crippen LogP contribution >= 0.6 is 11.3 Å². The summed E-state index contributed by atoms with van der Waals surface area (Å²) in [6, 6.07) is 38.8. The zero-order valence-corrected chi connectivity index (χ0v) is 26.3. The number of nitrogens with zero attached hydrogens (tertiary/aromatic N) is 4. The van der Waals surface area contributed by atoms with Crippen molar-refractivity contribution >= 4 is 60.5 Å². The van der Waals surface area contributed by atoms with Crippen LogP contribution in [0.5, 0.6) is 0 Å². The van der Waals surface area contributed by atoms with Gasteiger partial charge in [0.2, 0.25) is 0 Å². The van der Waals surface area contributed by atoms with Gasteiger partial charge in [-0.3, -0.25) is 20.9 Å². The first kappa shape index (κ1) is 26.0. The van der Waals surface area contributed by atoms with Gasteiger partial charge in [0, 0.05) is 48.8 Å². The van der Waals surface area contributed by atoms with E-state index >= 15 is 0 Å². The molecular formula is C37H23IrN4S-. The molecule has 9 aromatic rings. The SMILES string of the molecule is Cc1s[c-]c2c1c1ccccc1n1c(-c3cccc(-c4ccc5c(c4)c4ccccc4n5-c4ccccn4)c3)cnc21.[Ir]. The number of hydrogen-bond donors (Lipinski definition) is 0. The average Bonchev–Trinajstić information content (AvgIpc) is 3.75. The third-order valence-electron chi connectivity index (χ3n) is 8.35. The molecule has 4 aromatic carbocycles. The molecule has 5 aromatic heterocycles. The van der Waals surface area contributed by atoms with Crippen molar-refractivity contribution < 1.29 is 20.1 Å². The molecule has 0 N–H and O–H groups in total. The van der Waals surface area contributed by atoms with Crippen molar-refractivity contribution in [2.24, 2.45) is 0 Å². The number of hydrogen-bond acceptors (Lipinski definition) is 3. The van der Waals surface area contributed by atoms with Crippen LogP contribution in [-0.4, -0.2) is 18.9 Å². The normalized spacial score (nSPS) is 11.7. The Morgan fingerprint density at radius 2 is 1.40 bits per heavy atom. The van der Waals surface area contributed by atoms with Gasteiger partial charge in [0.25, 0.3) is 0 Å². The van der Waals surface area contributed by atoms with Gasteiger partial charge in [-0.05, 0) is 64.5 Å². The van der Waals surface area contributed by atoms with Gasteiger partial charge in [-0.25, -0.2) is 4.98 Å². The van der Waals surface area contributed by atoms with Gasteiger partial charge in [0.05, 0.1) is 22.4 Å². The molecule has 5 heterocycles. The summed E-state index contributed by atoms with van der Waals surface area (Å²) in [4.78, 5) is 10.9. The van der Waals surface area contributed by atoms with E-state index in [2.05, 4.69) is 123 Å². The third-order valence-corrected chi connectivity index (χ3v) is 9.17. The predicted molar refractivity (Wildman–Crippen MR) is 175 cm³/mol. The van der Waals surface area contributed by atoms with Crippen LogP contribution in [0, 0.1) is 12.3 Å². The first-order valence-electron chi connectivity index (χ1n) is 14.0. The summed E-state index contributed by atoms with van der Waals surface area (Å²) >= 11 is 1.67. The number of fused-ring (bicyclic) bond motifs is 9. The Kier molecular flexibility index (Phi) is 6.05. The van der Waals surface area contributed by atoms with Crippen LogP contribution in [0.15, 0.2) is 122 Å². The molecule has 0 saturated carbocycles. The second kappa shape index (κ2) is 9.99. The van der Waals surface area contributed by atoms with Crippen molar-refractivity contribution in [3.8, 4) is 28.2 Å². The number of benzene rings is 4. The maximum absolute atomic E-state index is 4.93. The molecule has 0 fully saturated rings. The van der Waals surface area contributed by atoms with Gasteiger partial charge >= 0.3 is 0 Å². The first-order valence-corrected chi connectivity index (χ1v) is 14.8. The van der Waals surface area contributed by atoms with Crippen LogP contribution in [0.3, 0.4) is 0 Å². The van der Waals surface area contributed by atoms with E-state index in [0.717, 1.165) is 44.7 Å². The maximum atomic E-state index is 4.93. The molecule has 0 aliphatic carbocycles. The predicted octanol–water partition coefficient (Wildman–Crippen LogP) is 9.63. The Bertz CT molecular complexity index is 2490. The Morgan fingerprint density at radius 1 is 0.651 bits per heavy atom. The van der Waals surface area contributed by atoms with Crippen LogP contribution in [0.4, 0.5) is 0 Å². The van der Waals surface area contributed by atoms with Gasteiger partial charge in [0.1, 0.15) is 5.82 Å². The van der Waals surface area contributed by atoms with Crippen LogP contribution < -0.4 is 0 Å². The van der Waals surface area contributed by atoms with Gasteiger partial charge < -0.3 is 4.40 Å². The van der Waals surface area contributed by atoms with Gasteiger partial charge in [-0.15, -0.1) is 10.3 Å². The van der Waals surface area contributed by atoms with Crippen molar-refractivity contribution in [2.45, 2.75) is 6.92 Å². The summed E-state index contributed by atoms with van der Waals surface area (Å²) in [5, 5.41) is 9.54. The average molecular weight is 748 g/mol. The van der Waals surface area contributed by atoms with Crippen molar-refractivity contribution in [1.82, 2.24) is 18.9 Å². The van der Waals surface area contributed by atoms with Crippen LogP contribution in [0.25, 0.3) is 77.3 Å². The quantitative estimate of drug-likeness (QED) is 0.169. The Balaban J connectivity index is 0.00000278. The summed E-state index contributed by atoms with van der Waals surface area (Å²) in [7, 11) is 0. The molecule has 0 unspecified atom stereocenters. The summed E-state index contributed by atoms with van der Waals surface area (Å²) < 4.78 is 4.54. The van der Waals surface area contributed by atoms with Crippen molar-refractivity contribution in [1.29, 1.82) is 0 Å². The number of imidazole rings is 1. The fourth-order valence-electron chi connectivity index (χ4n) is 6.49. The summed E-state index contributed by atoms with van der Waals surface area (Å²) in [6.07, 6.45) is 3.85. The van der Waals surface area contributed by atoms with E-state index in [1.807, 2.05) is 24.5 Å². The fraction of sp³-hybridized carbons (Fsp3) is 0.0270. The molecule has 0 aliphatic rings. The van der Waals surface area contributed by atoms with E-state index in [-0.39, 0.29) is 20.1 Å². The zero-order chi connectivity index (χ0) is 27.8. The van der Waals surface area contributed by atoms with E-state index in [4.69, 9.17) is 4.98 Å². The van der Waals surface area contributed by atoms with Crippen LogP contribution in [0.2, 0.25) is 0 Å². The summed E-state index contributed by atoms with van der Waals surface area (Å²) in [6.45, 7) is 2.17. The van der Waals surface area contributed by atoms with Crippen molar-refractivity contribution in [2.75, 3.05) is 0 Å². The molecule has 0 saturated heterocycles. The zero-order valence-electron chi connectivity index (χ0n) is 23.1. The van der Waals surface area contributed by atoms with Crippen molar-refractivity contribution in [3.05, 3.63) is 132 Å². The van der Waals surface area contributed by atoms with Gasteiger partial charge in [-0.1, -0.05) is 84.4 Å². The topological polar surface area (TPSA) is 35.1 Å². The number of rotatable bonds is 3. The molecule has 207 valence electrons. The van der Waals surface area contributed by atoms with E-state index in [1.165, 1.54) is 37.5 Å². The van der Waals surface area contributed by atoms with E-state index < -0.39 is 0 Å². The molecule has 0 amide bonds. The Hall–Kier alpha value is -4.61. The Labute approximate surface area is 265 Å². The monoisotopic (exact) mass is 748 g/mol. The van der Waals surface area contributed by atoms with E-state index in [9.17, 15) is 0 Å². The molecule has 0 spiro atoms. The second-order valence-electron chi connectivity index (χ2n) is 10.7. The summed E-state index contributed by atoms with van der Waals surface area (Å²) in [5.74, 6) is 0.922. The van der Waals surface area contributed by atoms with E-state index in [1.54, 1.807) is 11.3 Å². The number of aryl methyl sites for hydroxylation is 1. The minimum absolute atomic E-state index is 0. The second-order valence-corrected chi connectivity index (χ2v) is 11.7. The minimum atomic E-state index is 0. The largest absolute Gasteiger partial charge is 0.333 e. The number of aromatic nitrogens is 4. The maximum Gasteiger partial charge on any atom is 0.137 e. The molecule has 0 bridgehead atoms.